The van der Waals surface area contributed by atoms with Gasteiger partial charge in [0.2, 0.25) is 0 Å². The van der Waals surface area contributed by atoms with Gasteiger partial charge in [-0.15, -0.1) is 0 Å². The summed E-state index contributed by atoms with van der Waals surface area (Å²) in [7, 11) is 0. The first-order valence-corrected chi connectivity index (χ1v) is 7.95. The minimum atomic E-state index is 0.803. The van der Waals surface area contributed by atoms with E-state index in [4.69, 9.17) is 9.15 Å². The summed E-state index contributed by atoms with van der Waals surface area (Å²) in [5.74, 6) is 1.89. The maximum Gasteiger partial charge on any atom is 0.117 e. The lowest BCUT2D eigenvalue weighted by molar-refractivity contribution is 0.112. The van der Waals surface area contributed by atoms with Gasteiger partial charge < -0.3 is 14.1 Å². The van der Waals surface area contributed by atoms with E-state index in [2.05, 4.69) is 15.9 Å². The molecule has 0 spiro atoms. The van der Waals surface area contributed by atoms with E-state index in [0.29, 0.717) is 0 Å². The van der Waals surface area contributed by atoms with Gasteiger partial charge in [0.05, 0.1) is 19.4 Å². The second-order valence-corrected chi connectivity index (χ2v) is 6.09. The number of ether oxygens (including phenoxy) is 1. The highest BCUT2D eigenvalue weighted by Gasteiger charge is 2.23. The number of piperidine rings is 1. The fourth-order valence-corrected chi connectivity index (χ4v) is 3.41. The van der Waals surface area contributed by atoms with Gasteiger partial charge in [-0.1, -0.05) is 0 Å². The van der Waals surface area contributed by atoms with Crippen molar-refractivity contribution in [2.45, 2.75) is 25.8 Å². The molecular weight excluding hydrogens is 252 g/mol. The van der Waals surface area contributed by atoms with Crippen molar-refractivity contribution in [3.05, 3.63) is 24.2 Å². The summed E-state index contributed by atoms with van der Waals surface area (Å²) < 4.78 is 11.0. The number of nitrogens with zero attached hydrogens (tertiary/aromatic N) is 2. The van der Waals surface area contributed by atoms with E-state index < -0.39 is 0 Å². The lowest BCUT2D eigenvalue weighted by Gasteiger charge is -2.34. The number of furan rings is 1. The third-order valence-electron chi connectivity index (χ3n) is 4.39. The maximum atomic E-state index is 5.54. The molecule has 4 heteroatoms. The minimum absolute atomic E-state index is 0.803. The Morgan fingerprint density at radius 2 is 2.05 bits per heavy atom. The van der Waals surface area contributed by atoms with E-state index in [1.54, 1.807) is 6.26 Å². The van der Waals surface area contributed by atoms with Crippen LogP contribution >= 0.6 is 0 Å². The first kappa shape index (κ1) is 14.1. The molecule has 0 N–H and O–H groups in total. The number of rotatable bonds is 4. The number of hydrogen-bond donors (Lipinski definition) is 0. The molecule has 3 rings (SSSR count). The molecule has 0 aliphatic carbocycles. The van der Waals surface area contributed by atoms with E-state index in [9.17, 15) is 0 Å². The molecule has 1 aromatic rings. The molecule has 0 bridgehead atoms. The molecular formula is C16H26N2O2. The van der Waals surface area contributed by atoms with Gasteiger partial charge in [-0.3, -0.25) is 4.90 Å². The first-order chi connectivity index (χ1) is 9.90. The van der Waals surface area contributed by atoms with Gasteiger partial charge in [0.15, 0.2) is 0 Å². The molecule has 0 amide bonds. The smallest absolute Gasteiger partial charge is 0.117 e. The molecule has 3 heterocycles. The lowest BCUT2D eigenvalue weighted by Crippen LogP contribution is -2.41. The van der Waals surface area contributed by atoms with Crippen LogP contribution in [-0.2, 0) is 11.3 Å². The first-order valence-electron chi connectivity index (χ1n) is 7.95. The Labute approximate surface area is 121 Å². The van der Waals surface area contributed by atoms with E-state index >= 15 is 0 Å². The monoisotopic (exact) mass is 278 g/mol. The molecule has 0 saturated carbocycles. The van der Waals surface area contributed by atoms with Gasteiger partial charge in [-0.2, -0.15) is 0 Å². The van der Waals surface area contributed by atoms with Crippen LogP contribution in [-0.4, -0.2) is 55.7 Å². The molecule has 2 saturated heterocycles. The van der Waals surface area contributed by atoms with Crippen LogP contribution in [0, 0.1) is 5.92 Å². The van der Waals surface area contributed by atoms with Crippen LogP contribution in [0.4, 0.5) is 0 Å². The van der Waals surface area contributed by atoms with Crippen LogP contribution in [0.3, 0.4) is 0 Å². The Morgan fingerprint density at radius 3 is 2.95 bits per heavy atom. The highest BCUT2D eigenvalue weighted by atomic mass is 16.5. The highest BCUT2D eigenvalue weighted by molar-refractivity contribution is 4.98. The zero-order valence-electron chi connectivity index (χ0n) is 12.3. The van der Waals surface area contributed by atoms with Crippen molar-refractivity contribution < 1.29 is 9.15 Å². The molecule has 2 aliphatic rings. The van der Waals surface area contributed by atoms with Gasteiger partial charge >= 0.3 is 0 Å². The predicted molar refractivity (Wildman–Crippen MR) is 78.6 cm³/mol. The van der Waals surface area contributed by atoms with Gasteiger partial charge in [0.25, 0.3) is 0 Å². The Morgan fingerprint density at radius 1 is 1.10 bits per heavy atom. The minimum Gasteiger partial charge on any atom is -0.468 e. The third-order valence-corrected chi connectivity index (χ3v) is 4.39. The van der Waals surface area contributed by atoms with Gasteiger partial charge in [0.1, 0.15) is 5.76 Å². The van der Waals surface area contributed by atoms with Crippen molar-refractivity contribution in [3.8, 4) is 0 Å². The van der Waals surface area contributed by atoms with Gasteiger partial charge in [0, 0.05) is 32.8 Å². The van der Waals surface area contributed by atoms with E-state index in [0.717, 1.165) is 38.0 Å². The molecule has 1 aromatic heterocycles. The lowest BCUT2D eigenvalue weighted by atomic mass is 9.97. The summed E-state index contributed by atoms with van der Waals surface area (Å²) in [4.78, 5) is 5.13. The van der Waals surface area contributed by atoms with Gasteiger partial charge in [-0.25, -0.2) is 0 Å². The Bertz CT molecular complexity index is 372. The number of hydrogen-bond acceptors (Lipinski definition) is 4. The topological polar surface area (TPSA) is 28.9 Å². The van der Waals surface area contributed by atoms with Gasteiger partial charge in [-0.05, 0) is 43.9 Å². The molecule has 112 valence electrons. The molecule has 1 atom stereocenters. The maximum absolute atomic E-state index is 5.54. The summed E-state index contributed by atoms with van der Waals surface area (Å²) in [6, 6.07) is 4.06. The van der Waals surface area contributed by atoms with E-state index in [1.165, 1.54) is 45.4 Å². The molecule has 0 unspecified atom stereocenters. The fraction of sp³-hybridized carbons (Fsp3) is 0.750. The van der Waals surface area contributed by atoms with Crippen molar-refractivity contribution in [1.82, 2.24) is 9.80 Å². The average Bonchev–Trinajstić information content (AvgIpc) is 2.82. The van der Waals surface area contributed by atoms with Crippen molar-refractivity contribution in [3.63, 3.8) is 0 Å². The van der Waals surface area contributed by atoms with Crippen LogP contribution in [0.1, 0.15) is 25.0 Å². The standard InChI is InChI=1S/C16H26N2O2/c1-4-15(12-17-7-3-9-19-11-8-17)13-18(6-1)14-16-5-2-10-20-16/h2,5,10,15H,1,3-4,6-9,11-14H2/t15-/m1/s1. The summed E-state index contributed by atoms with van der Waals surface area (Å²) in [5.41, 5.74) is 0. The summed E-state index contributed by atoms with van der Waals surface area (Å²) in [6.07, 6.45) is 5.64. The predicted octanol–water partition coefficient (Wildman–Crippen LogP) is 2.21. The summed E-state index contributed by atoms with van der Waals surface area (Å²) in [6.45, 7) is 8.76. The molecule has 0 radical (unpaired) electrons. The normalized spacial score (nSPS) is 26.5. The Kier molecular flexibility index (Phi) is 5.12. The summed E-state index contributed by atoms with van der Waals surface area (Å²) in [5, 5.41) is 0. The Balaban J connectivity index is 1.47. The zero-order valence-corrected chi connectivity index (χ0v) is 12.3. The van der Waals surface area contributed by atoms with Crippen LogP contribution in [0.25, 0.3) is 0 Å². The van der Waals surface area contributed by atoms with Crippen molar-refractivity contribution in [1.29, 1.82) is 0 Å². The SMILES string of the molecule is c1coc(CN2CCC[C@H](CN3CCCOCC3)C2)c1. The number of likely N-dealkylation sites (tertiary alicyclic amines) is 1. The molecule has 2 fully saturated rings. The molecule has 2 aliphatic heterocycles. The third kappa shape index (κ3) is 4.08. The average molecular weight is 278 g/mol. The Hall–Kier alpha value is -0.840. The largest absolute Gasteiger partial charge is 0.468 e. The van der Waals surface area contributed by atoms with Crippen molar-refractivity contribution in [2.24, 2.45) is 5.92 Å². The van der Waals surface area contributed by atoms with E-state index in [1.807, 2.05) is 6.07 Å². The molecule has 4 nitrogen and oxygen atoms in total. The second-order valence-electron chi connectivity index (χ2n) is 6.09. The molecule has 0 aromatic carbocycles. The zero-order chi connectivity index (χ0) is 13.6. The van der Waals surface area contributed by atoms with Crippen LogP contribution in [0.2, 0.25) is 0 Å². The van der Waals surface area contributed by atoms with Crippen molar-refractivity contribution >= 4 is 0 Å². The fourth-order valence-electron chi connectivity index (χ4n) is 3.41. The second kappa shape index (κ2) is 7.25. The van der Waals surface area contributed by atoms with Crippen LogP contribution in [0.5, 0.6) is 0 Å². The van der Waals surface area contributed by atoms with E-state index in [-0.39, 0.29) is 0 Å². The van der Waals surface area contributed by atoms with Crippen molar-refractivity contribution in [2.75, 3.05) is 45.9 Å². The molecule has 20 heavy (non-hydrogen) atoms. The highest BCUT2D eigenvalue weighted by Crippen LogP contribution is 2.20. The van der Waals surface area contributed by atoms with Crippen LogP contribution in [0.15, 0.2) is 22.8 Å². The summed E-state index contributed by atoms with van der Waals surface area (Å²) >= 11 is 0. The quantitative estimate of drug-likeness (QED) is 0.844. The van der Waals surface area contributed by atoms with Crippen LogP contribution < -0.4 is 0 Å².